The second-order valence-electron chi connectivity index (χ2n) is 7.95. The second-order valence-corrected chi connectivity index (χ2v) is 7.95. The Bertz CT molecular complexity index is 335. The molecule has 1 heterocycles. The number of aliphatic hydroxyl groups excluding tert-OH is 1. The summed E-state index contributed by atoms with van der Waals surface area (Å²) in [5, 5.41) is 13.8. The van der Waals surface area contributed by atoms with E-state index in [1.165, 1.54) is 58.2 Å². The SMILES string of the molecule is CN1CCC(CN(C)CC(CO)(NC2CC2)C2CC2)CC1. The molecule has 21 heavy (non-hydrogen) atoms. The van der Waals surface area contributed by atoms with Gasteiger partial charge in [-0.3, -0.25) is 0 Å². The highest BCUT2D eigenvalue weighted by Gasteiger charge is 2.47. The molecule has 1 atom stereocenters. The van der Waals surface area contributed by atoms with Crippen molar-refractivity contribution in [2.75, 3.05) is 46.9 Å². The summed E-state index contributed by atoms with van der Waals surface area (Å²) >= 11 is 0. The Hall–Kier alpha value is -0.160. The lowest BCUT2D eigenvalue weighted by Crippen LogP contribution is -2.58. The van der Waals surface area contributed by atoms with Gasteiger partial charge in [-0.25, -0.2) is 0 Å². The molecule has 1 unspecified atom stereocenters. The van der Waals surface area contributed by atoms with Gasteiger partial charge < -0.3 is 20.2 Å². The van der Waals surface area contributed by atoms with E-state index < -0.39 is 0 Å². The monoisotopic (exact) mass is 295 g/mol. The highest BCUT2D eigenvalue weighted by atomic mass is 16.3. The molecule has 4 nitrogen and oxygen atoms in total. The van der Waals surface area contributed by atoms with Crippen LogP contribution in [-0.4, -0.2) is 73.4 Å². The molecule has 0 aromatic carbocycles. The van der Waals surface area contributed by atoms with Gasteiger partial charge in [0.05, 0.1) is 12.1 Å². The number of likely N-dealkylation sites (N-methyl/N-ethyl adjacent to an activating group) is 1. The van der Waals surface area contributed by atoms with E-state index in [0.29, 0.717) is 18.6 Å². The minimum Gasteiger partial charge on any atom is -0.394 e. The Kier molecular flexibility index (Phi) is 4.89. The standard InChI is InChI=1S/C17H33N3O/c1-19-9-7-14(8-10-19)11-20(2)12-17(13-21,15-3-4-15)18-16-5-6-16/h14-16,18,21H,3-13H2,1-2H3. The Morgan fingerprint density at radius 1 is 1.14 bits per heavy atom. The van der Waals surface area contributed by atoms with Crippen molar-refractivity contribution in [1.29, 1.82) is 0 Å². The van der Waals surface area contributed by atoms with Crippen LogP contribution in [0.25, 0.3) is 0 Å². The van der Waals surface area contributed by atoms with Crippen molar-refractivity contribution in [3.8, 4) is 0 Å². The van der Waals surface area contributed by atoms with Crippen LogP contribution < -0.4 is 5.32 Å². The van der Waals surface area contributed by atoms with Gasteiger partial charge in [0, 0.05) is 19.1 Å². The van der Waals surface area contributed by atoms with Crippen molar-refractivity contribution in [2.45, 2.75) is 50.1 Å². The van der Waals surface area contributed by atoms with Gasteiger partial charge >= 0.3 is 0 Å². The van der Waals surface area contributed by atoms with E-state index in [-0.39, 0.29) is 5.54 Å². The van der Waals surface area contributed by atoms with Crippen LogP contribution in [0.1, 0.15) is 38.5 Å². The van der Waals surface area contributed by atoms with Crippen LogP contribution in [0.3, 0.4) is 0 Å². The van der Waals surface area contributed by atoms with E-state index in [1.807, 2.05) is 0 Å². The third kappa shape index (κ3) is 4.19. The lowest BCUT2D eigenvalue weighted by atomic mass is 9.91. The molecule has 0 aromatic heterocycles. The summed E-state index contributed by atoms with van der Waals surface area (Å²) in [5.41, 5.74) is -0.0264. The molecular weight excluding hydrogens is 262 g/mol. The molecule has 3 rings (SSSR count). The molecule has 2 saturated carbocycles. The van der Waals surface area contributed by atoms with Gasteiger partial charge in [0.15, 0.2) is 0 Å². The molecule has 3 fully saturated rings. The highest BCUT2D eigenvalue weighted by Crippen LogP contribution is 2.42. The first-order valence-corrected chi connectivity index (χ1v) is 8.87. The predicted molar refractivity (Wildman–Crippen MR) is 86.4 cm³/mol. The van der Waals surface area contributed by atoms with Crippen LogP contribution in [0.4, 0.5) is 0 Å². The molecule has 0 amide bonds. The normalized spacial score (nSPS) is 28.0. The number of hydrogen-bond donors (Lipinski definition) is 2. The van der Waals surface area contributed by atoms with Crippen LogP contribution in [0.2, 0.25) is 0 Å². The first kappa shape index (κ1) is 15.7. The van der Waals surface area contributed by atoms with Gasteiger partial charge in [-0.15, -0.1) is 0 Å². The Balaban J connectivity index is 1.52. The zero-order chi connectivity index (χ0) is 14.9. The molecule has 0 radical (unpaired) electrons. The number of nitrogens with zero attached hydrogens (tertiary/aromatic N) is 2. The molecule has 2 N–H and O–H groups in total. The second kappa shape index (κ2) is 6.53. The highest BCUT2D eigenvalue weighted by molar-refractivity contribution is 5.06. The van der Waals surface area contributed by atoms with Crippen molar-refractivity contribution in [1.82, 2.24) is 15.1 Å². The molecule has 1 aliphatic heterocycles. The van der Waals surface area contributed by atoms with Crippen LogP contribution in [0.15, 0.2) is 0 Å². The fourth-order valence-corrected chi connectivity index (χ4v) is 4.02. The van der Waals surface area contributed by atoms with E-state index in [2.05, 4.69) is 29.2 Å². The molecule has 0 spiro atoms. The summed E-state index contributed by atoms with van der Waals surface area (Å²) in [7, 11) is 4.48. The van der Waals surface area contributed by atoms with Crippen LogP contribution >= 0.6 is 0 Å². The van der Waals surface area contributed by atoms with E-state index in [1.54, 1.807) is 0 Å². The maximum atomic E-state index is 10.1. The van der Waals surface area contributed by atoms with E-state index in [4.69, 9.17) is 0 Å². The van der Waals surface area contributed by atoms with E-state index in [9.17, 15) is 5.11 Å². The van der Waals surface area contributed by atoms with E-state index >= 15 is 0 Å². The Morgan fingerprint density at radius 2 is 1.81 bits per heavy atom. The lowest BCUT2D eigenvalue weighted by Gasteiger charge is -2.39. The van der Waals surface area contributed by atoms with Crippen LogP contribution in [-0.2, 0) is 0 Å². The topological polar surface area (TPSA) is 38.7 Å². The maximum absolute atomic E-state index is 10.1. The predicted octanol–water partition coefficient (Wildman–Crippen LogP) is 1.15. The third-order valence-electron chi connectivity index (χ3n) is 5.67. The molecule has 1 saturated heterocycles. The fraction of sp³-hybridized carbons (Fsp3) is 1.00. The van der Waals surface area contributed by atoms with Crippen LogP contribution in [0.5, 0.6) is 0 Å². The Morgan fingerprint density at radius 3 is 2.33 bits per heavy atom. The molecule has 3 aliphatic rings. The number of aliphatic hydroxyl groups is 1. The number of piperidine rings is 1. The minimum absolute atomic E-state index is 0.0264. The van der Waals surface area contributed by atoms with E-state index in [0.717, 1.165) is 12.5 Å². The average molecular weight is 295 g/mol. The smallest absolute Gasteiger partial charge is 0.0628 e. The fourth-order valence-electron chi connectivity index (χ4n) is 4.02. The van der Waals surface area contributed by atoms with Crippen LogP contribution in [0, 0.1) is 11.8 Å². The molecular formula is C17H33N3O. The van der Waals surface area contributed by atoms with Crippen molar-refractivity contribution in [3.63, 3.8) is 0 Å². The number of nitrogens with one attached hydrogen (secondary N) is 1. The summed E-state index contributed by atoms with van der Waals surface area (Å²) in [5.74, 6) is 1.53. The zero-order valence-corrected chi connectivity index (χ0v) is 13.9. The van der Waals surface area contributed by atoms with Gasteiger partial charge in [-0.1, -0.05) is 0 Å². The van der Waals surface area contributed by atoms with Gasteiger partial charge in [0.1, 0.15) is 0 Å². The third-order valence-corrected chi connectivity index (χ3v) is 5.67. The van der Waals surface area contributed by atoms with Crippen molar-refractivity contribution in [3.05, 3.63) is 0 Å². The van der Waals surface area contributed by atoms with Crippen molar-refractivity contribution >= 4 is 0 Å². The summed E-state index contributed by atoms with van der Waals surface area (Å²) in [6, 6.07) is 0.675. The largest absolute Gasteiger partial charge is 0.394 e. The number of rotatable bonds is 8. The summed E-state index contributed by atoms with van der Waals surface area (Å²) < 4.78 is 0. The molecule has 0 aromatic rings. The quantitative estimate of drug-likeness (QED) is 0.705. The lowest BCUT2D eigenvalue weighted by molar-refractivity contribution is 0.0854. The van der Waals surface area contributed by atoms with Crippen molar-refractivity contribution < 1.29 is 5.11 Å². The summed E-state index contributed by atoms with van der Waals surface area (Å²) in [6.45, 7) is 4.98. The average Bonchev–Trinajstić information content (AvgIpc) is 3.33. The number of likely N-dealkylation sites (tertiary alicyclic amines) is 1. The molecule has 0 bridgehead atoms. The zero-order valence-electron chi connectivity index (χ0n) is 13.9. The van der Waals surface area contributed by atoms with Gasteiger partial charge in [-0.2, -0.15) is 0 Å². The summed E-state index contributed by atoms with van der Waals surface area (Å²) in [6.07, 6.45) is 7.84. The molecule has 122 valence electrons. The minimum atomic E-state index is -0.0264. The Labute approximate surface area is 129 Å². The number of hydrogen-bond acceptors (Lipinski definition) is 4. The van der Waals surface area contributed by atoms with Gasteiger partial charge in [-0.05, 0) is 77.5 Å². The molecule has 2 aliphatic carbocycles. The van der Waals surface area contributed by atoms with Gasteiger partial charge in [0.25, 0.3) is 0 Å². The maximum Gasteiger partial charge on any atom is 0.0628 e. The molecule has 4 heteroatoms. The van der Waals surface area contributed by atoms with Gasteiger partial charge in [0.2, 0.25) is 0 Å². The van der Waals surface area contributed by atoms with Crippen molar-refractivity contribution in [2.24, 2.45) is 11.8 Å². The first-order valence-electron chi connectivity index (χ1n) is 8.87. The first-order chi connectivity index (χ1) is 10.1. The summed E-state index contributed by atoms with van der Waals surface area (Å²) in [4.78, 5) is 4.92.